The van der Waals surface area contributed by atoms with E-state index in [4.69, 9.17) is 0 Å². The molecule has 1 radical (unpaired) electrons. The molecule has 0 saturated carbocycles. The zero-order chi connectivity index (χ0) is 7.49. The van der Waals surface area contributed by atoms with Gasteiger partial charge >= 0.3 is 6.18 Å². The van der Waals surface area contributed by atoms with Gasteiger partial charge in [0.2, 0.25) is 5.12 Å². The van der Waals surface area contributed by atoms with Crippen LogP contribution in [-0.4, -0.2) is 11.3 Å². The molecule has 0 rings (SSSR count). The minimum absolute atomic E-state index is 0.584. The van der Waals surface area contributed by atoms with Crippen LogP contribution in [-0.2, 0) is 4.79 Å². The van der Waals surface area contributed by atoms with Crippen molar-refractivity contribution in [3.8, 4) is 0 Å². The van der Waals surface area contributed by atoms with E-state index in [0.717, 1.165) is 0 Å². The molecule has 0 aliphatic carbocycles. The molecule has 0 N–H and O–H groups in total. The Hall–Kier alpha value is -0.320. The number of halogens is 3. The van der Waals surface area contributed by atoms with Crippen molar-refractivity contribution in [1.82, 2.24) is 0 Å². The van der Waals surface area contributed by atoms with E-state index in [1.165, 1.54) is 0 Å². The van der Waals surface area contributed by atoms with Crippen LogP contribution in [0.1, 0.15) is 12.8 Å². The molecule has 0 aromatic heterocycles. The second-order valence-electron chi connectivity index (χ2n) is 1.49. The number of hydrogen-bond donors (Lipinski definition) is 0. The Morgan fingerprint density at radius 3 is 2.00 bits per heavy atom. The summed E-state index contributed by atoms with van der Waals surface area (Å²) in [6.45, 7) is 0. The number of carbonyl (C=O) groups excluding carboxylic acids is 1. The fourth-order valence-corrected chi connectivity index (χ4v) is 0.346. The van der Waals surface area contributed by atoms with E-state index >= 15 is 0 Å². The molecule has 9 heavy (non-hydrogen) atoms. The molecule has 0 spiro atoms. The van der Waals surface area contributed by atoms with Gasteiger partial charge in [0.1, 0.15) is 0 Å². The van der Waals surface area contributed by atoms with Gasteiger partial charge in [-0.3, -0.25) is 4.79 Å². The highest BCUT2D eigenvalue weighted by atomic mass is 32.1. The third-order valence-electron chi connectivity index (χ3n) is 0.613. The smallest absolute Gasteiger partial charge is 0.282 e. The van der Waals surface area contributed by atoms with Crippen LogP contribution in [0, 0.1) is 0 Å². The zero-order valence-corrected chi connectivity index (χ0v) is 5.18. The summed E-state index contributed by atoms with van der Waals surface area (Å²) in [5.74, 6) is 0. The Kier molecular flexibility index (Phi) is 2.90. The molecule has 0 unspecified atom stereocenters. The lowest BCUT2D eigenvalue weighted by atomic mass is 10.3. The molecule has 0 aliphatic heterocycles. The van der Waals surface area contributed by atoms with Crippen LogP contribution in [0.3, 0.4) is 0 Å². The standard InChI is InChI=1S/C4H4F3OS/c5-4(6,7)2-1-3(8)9/h1-2H2. The Morgan fingerprint density at radius 1 is 1.44 bits per heavy atom. The number of carbonyl (C=O) groups is 1. The van der Waals surface area contributed by atoms with Crippen molar-refractivity contribution in [3.63, 3.8) is 0 Å². The van der Waals surface area contributed by atoms with Crippen LogP contribution in [0.4, 0.5) is 13.2 Å². The quantitative estimate of drug-likeness (QED) is 0.599. The van der Waals surface area contributed by atoms with Crippen LogP contribution in [0.15, 0.2) is 0 Å². The second-order valence-corrected chi connectivity index (χ2v) is 1.94. The first-order chi connectivity index (χ1) is 3.92. The van der Waals surface area contributed by atoms with Crippen molar-refractivity contribution in [2.75, 3.05) is 0 Å². The molecular weight excluding hydrogens is 153 g/mol. The van der Waals surface area contributed by atoms with E-state index in [9.17, 15) is 18.0 Å². The summed E-state index contributed by atoms with van der Waals surface area (Å²) >= 11 is 3.91. The van der Waals surface area contributed by atoms with Crippen molar-refractivity contribution < 1.29 is 18.0 Å². The van der Waals surface area contributed by atoms with Crippen LogP contribution in [0.25, 0.3) is 0 Å². The SMILES string of the molecule is O=C([S])CCC(F)(F)F. The van der Waals surface area contributed by atoms with Gasteiger partial charge in [-0.25, -0.2) is 0 Å². The fourth-order valence-electron chi connectivity index (χ4n) is 0.244. The van der Waals surface area contributed by atoms with Crippen molar-refractivity contribution in [2.24, 2.45) is 0 Å². The molecule has 0 aromatic rings. The van der Waals surface area contributed by atoms with Crippen molar-refractivity contribution >= 4 is 17.7 Å². The molecule has 0 fully saturated rings. The molecule has 0 amide bonds. The first-order valence-corrected chi connectivity index (χ1v) is 2.59. The summed E-state index contributed by atoms with van der Waals surface area (Å²) in [6.07, 6.45) is -5.94. The Bertz CT molecular complexity index is 109. The predicted octanol–water partition coefficient (Wildman–Crippen LogP) is 2.05. The monoisotopic (exact) mass is 157 g/mol. The Morgan fingerprint density at radius 2 is 1.89 bits per heavy atom. The van der Waals surface area contributed by atoms with Gasteiger partial charge in [-0.2, -0.15) is 13.2 Å². The van der Waals surface area contributed by atoms with Gasteiger partial charge in [-0.05, 0) is 12.6 Å². The Balaban J connectivity index is 3.39. The van der Waals surface area contributed by atoms with Gasteiger partial charge in [0, 0.05) is 6.42 Å². The normalized spacial score (nSPS) is 11.4. The first kappa shape index (κ1) is 8.68. The van der Waals surface area contributed by atoms with Crippen molar-refractivity contribution in [2.45, 2.75) is 19.0 Å². The lowest BCUT2D eigenvalue weighted by Crippen LogP contribution is -2.08. The maximum atomic E-state index is 11.2. The van der Waals surface area contributed by atoms with Crippen molar-refractivity contribution in [1.29, 1.82) is 0 Å². The molecule has 0 bridgehead atoms. The minimum Gasteiger partial charge on any atom is -0.282 e. The number of hydrogen-bond acceptors (Lipinski definition) is 1. The molecule has 0 atom stereocenters. The fraction of sp³-hybridized carbons (Fsp3) is 0.750. The molecule has 53 valence electrons. The van der Waals surface area contributed by atoms with Gasteiger partial charge in [0.05, 0.1) is 6.42 Å². The van der Waals surface area contributed by atoms with E-state index in [1.807, 2.05) is 0 Å². The molecule has 1 nitrogen and oxygen atoms in total. The summed E-state index contributed by atoms with van der Waals surface area (Å²) in [5.41, 5.74) is 0. The molecule has 0 heterocycles. The molecule has 0 saturated heterocycles. The summed E-state index contributed by atoms with van der Waals surface area (Å²) in [7, 11) is 0. The van der Waals surface area contributed by atoms with E-state index in [1.54, 1.807) is 0 Å². The first-order valence-electron chi connectivity index (χ1n) is 2.18. The molecular formula is C4H4F3OS. The molecule has 5 heteroatoms. The average Bonchev–Trinajstić information content (AvgIpc) is 1.59. The summed E-state index contributed by atoms with van der Waals surface area (Å²) in [4.78, 5) is 9.81. The highest BCUT2D eigenvalue weighted by Gasteiger charge is 2.27. The van der Waals surface area contributed by atoms with Crippen molar-refractivity contribution in [3.05, 3.63) is 0 Å². The van der Waals surface area contributed by atoms with Crippen LogP contribution < -0.4 is 0 Å². The minimum atomic E-state index is -4.26. The van der Waals surface area contributed by atoms with Crippen LogP contribution >= 0.6 is 12.6 Å². The lowest BCUT2D eigenvalue weighted by Gasteiger charge is -2.01. The summed E-state index contributed by atoms with van der Waals surface area (Å²) in [5, 5.41) is -0.840. The highest BCUT2D eigenvalue weighted by molar-refractivity contribution is 7.96. The van der Waals surface area contributed by atoms with Gasteiger partial charge < -0.3 is 0 Å². The van der Waals surface area contributed by atoms with Crippen LogP contribution in [0.5, 0.6) is 0 Å². The Labute approximate surface area is 55.6 Å². The number of alkyl halides is 3. The van der Waals surface area contributed by atoms with Gasteiger partial charge in [-0.1, -0.05) is 0 Å². The van der Waals surface area contributed by atoms with E-state index in [-0.39, 0.29) is 0 Å². The summed E-state index contributed by atoms with van der Waals surface area (Å²) < 4.78 is 33.7. The largest absolute Gasteiger partial charge is 0.389 e. The zero-order valence-electron chi connectivity index (χ0n) is 4.36. The maximum Gasteiger partial charge on any atom is 0.389 e. The topological polar surface area (TPSA) is 17.1 Å². The van der Waals surface area contributed by atoms with Crippen LogP contribution in [0.2, 0.25) is 0 Å². The molecule has 0 aliphatic rings. The van der Waals surface area contributed by atoms with Gasteiger partial charge in [0.15, 0.2) is 0 Å². The predicted molar refractivity (Wildman–Crippen MR) is 27.9 cm³/mol. The highest BCUT2D eigenvalue weighted by Crippen LogP contribution is 2.21. The van der Waals surface area contributed by atoms with Gasteiger partial charge in [-0.15, -0.1) is 0 Å². The third kappa shape index (κ3) is 7.68. The third-order valence-corrected chi connectivity index (χ3v) is 0.817. The van der Waals surface area contributed by atoms with E-state index in [2.05, 4.69) is 12.6 Å². The van der Waals surface area contributed by atoms with Gasteiger partial charge in [0.25, 0.3) is 0 Å². The van der Waals surface area contributed by atoms with E-state index < -0.39 is 24.1 Å². The molecule has 0 aromatic carbocycles. The van der Waals surface area contributed by atoms with E-state index in [0.29, 0.717) is 0 Å². The number of rotatable bonds is 2. The maximum absolute atomic E-state index is 11.2. The summed E-state index contributed by atoms with van der Waals surface area (Å²) in [6, 6.07) is 0. The lowest BCUT2D eigenvalue weighted by molar-refractivity contribution is -0.140. The second kappa shape index (κ2) is 3.00. The average molecular weight is 157 g/mol.